The van der Waals surface area contributed by atoms with E-state index >= 15 is 0 Å². The lowest BCUT2D eigenvalue weighted by molar-refractivity contribution is -0.112. The summed E-state index contributed by atoms with van der Waals surface area (Å²) >= 11 is 0. The summed E-state index contributed by atoms with van der Waals surface area (Å²) in [6.45, 7) is 5.90. The van der Waals surface area contributed by atoms with E-state index in [1.165, 1.54) is 0 Å². The number of nitrogens with zero attached hydrogens (tertiary/aromatic N) is 1. The maximum Gasteiger partial charge on any atom is 0.266 e. The second-order valence-electron chi connectivity index (χ2n) is 6.80. The molecule has 140 valence electrons. The van der Waals surface area contributed by atoms with Gasteiger partial charge in [0.05, 0.1) is 7.11 Å². The molecule has 1 N–H and O–H groups in total. The number of ether oxygens (including phenoxy) is 1. The highest BCUT2D eigenvalue weighted by Crippen LogP contribution is 2.30. The van der Waals surface area contributed by atoms with Crippen LogP contribution in [0.15, 0.2) is 54.1 Å². The molecule has 0 heterocycles. The van der Waals surface area contributed by atoms with Gasteiger partial charge in [-0.2, -0.15) is 5.26 Å². The van der Waals surface area contributed by atoms with Crippen molar-refractivity contribution in [2.45, 2.75) is 20.8 Å². The Hall–Kier alpha value is -3.58. The summed E-state index contributed by atoms with van der Waals surface area (Å²) in [6.07, 6.45) is 1.59. The summed E-state index contributed by atoms with van der Waals surface area (Å²) < 4.78 is 5.46. The average molecular weight is 370 g/mol. The van der Waals surface area contributed by atoms with Crippen molar-refractivity contribution in [1.29, 1.82) is 5.26 Å². The van der Waals surface area contributed by atoms with E-state index < -0.39 is 5.91 Å². The zero-order valence-corrected chi connectivity index (χ0v) is 16.5. The molecule has 0 saturated heterocycles. The fourth-order valence-corrected chi connectivity index (χ4v) is 3.45. The second-order valence-corrected chi connectivity index (χ2v) is 6.80. The van der Waals surface area contributed by atoms with E-state index in [-0.39, 0.29) is 5.57 Å². The minimum Gasteiger partial charge on any atom is -0.496 e. The summed E-state index contributed by atoms with van der Waals surface area (Å²) in [5, 5.41) is 14.5. The molecule has 0 aliphatic heterocycles. The molecule has 3 rings (SSSR count). The molecule has 0 unspecified atom stereocenters. The Balaban J connectivity index is 2.05. The Morgan fingerprint density at radius 1 is 1.07 bits per heavy atom. The summed E-state index contributed by atoms with van der Waals surface area (Å²) in [5.41, 5.74) is 4.53. The molecule has 4 heteroatoms. The molecular formula is C24H22N2O2. The van der Waals surface area contributed by atoms with Crippen molar-refractivity contribution < 1.29 is 9.53 Å². The molecule has 4 nitrogen and oxygen atoms in total. The number of anilines is 1. The van der Waals surface area contributed by atoms with Gasteiger partial charge < -0.3 is 10.1 Å². The van der Waals surface area contributed by atoms with Crippen molar-refractivity contribution in [3.63, 3.8) is 0 Å². The first-order chi connectivity index (χ1) is 13.4. The normalized spacial score (nSPS) is 11.2. The van der Waals surface area contributed by atoms with E-state index in [4.69, 9.17) is 4.74 Å². The van der Waals surface area contributed by atoms with Gasteiger partial charge in [0.2, 0.25) is 0 Å². The fraction of sp³-hybridized carbons (Fsp3) is 0.167. The predicted molar refractivity (Wildman–Crippen MR) is 113 cm³/mol. The summed E-state index contributed by atoms with van der Waals surface area (Å²) in [4.78, 5) is 12.8. The van der Waals surface area contributed by atoms with Gasteiger partial charge in [-0.25, -0.2) is 0 Å². The highest BCUT2D eigenvalue weighted by atomic mass is 16.5. The standard InChI is InChI=1S/C24H22N2O2/c1-15-11-16(2)23(17(3)12-15)26-24(27)19(14-25)13-21-20-8-6-5-7-18(20)9-10-22(21)28-4/h5-13H,1-4H3,(H,26,27)/b19-13+. The number of fused-ring (bicyclic) bond motifs is 1. The highest BCUT2D eigenvalue weighted by molar-refractivity contribution is 6.11. The maximum atomic E-state index is 12.8. The number of nitriles is 1. The third kappa shape index (κ3) is 3.74. The van der Waals surface area contributed by atoms with E-state index in [1.54, 1.807) is 13.2 Å². The smallest absolute Gasteiger partial charge is 0.266 e. The molecule has 28 heavy (non-hydrogen) atoms. The van der Waals surface area contributed by atoms with Gasteiger partial charge in [-0.1, -0.05) is 48.0 Å². The van der Waals surface area contributed by atoms with E-state index in [1.807, 2.05) is 75.4 Å². The van der Waals surface area contributed by atoms with Crippen molar-refractivity contribution >= 4 is 28.4 Å². The number of rotatable bonds is 4. The third-order valence-corrected chi connectivity index (χ3v) is 4.72. The first-order valence-electron chi connectivity index (χ1n) is 9.01. The fourth-order valence-electron chi connectivity index (χ4n) is 3.45. The third-order valence-electron chi connectivity index (χ3n) is 4.72. The monoisotopic (exact) mass is 370 g/mol. The Morgan fingerprint density at radius 2 is 1.75 bits per heavy atom. The minimum atomic E-state index is -0.437. The molecule has 0 aromatic heterocycles. The van der Waals surface area contributed by atoms with Crippen LogP contribution in [0.3, 0.4) is 0 Å². The summed E-state index contributed by atoms with van der Waals surface area (Å²) in [7, 11) is 1.58. The Labute approximate surface area is 165 Å². The molecular weight excluding hydrogens is 348 g/mol. The molecule has 1 amide bonds. The van der Waals surface area contributed by atoms with Gasteiger partial charge in [-0.3, -0.25) is 4.79 Å². The summed E-state index contributed by atoms with van der Waals surface area (Å²) in [6, 6.07) is 17.6. The molecule has 0 aliphatic carbocycles. The van der Waals surface area contributed by atoms with E-state index in [0.717, 1.165) is 33.2 Å². The van der Waals surface area contributed by atoms with Gasteiger partial charge in [-0.05, 0) is 54.8 Å². The van der Waals surface area contributed by atoms with E-state index in [0.29, 0.717) is 11.3 Å². The molecule has 0 fully saturated rings. The number of benzene rings is 3. The molecule has 0 radical (unpaired) electrons. The van der Waals surface area contributed by atoms with Crippen LogP contribution < -0.4 is 10.1 Å². The number of methoxy groups -OCH3 is 1. The first kappa shape index (κ1) is 19.2. The molecule has 0 bridgehead atoms. The SMILES string of the molecule is COc1ccc2ccccc2c1/C=C(\C#N)C(=O)Nc1c(C)cc(C)cc1C. The van der Waals surface area contributed by atoms with Crippen LogP contribution in [-0.2, 0) is 4.79 Å². The van der Waals surface area contributed by atoms with Crippen LogP contribution in [0.25, 0.3) is 16.8 Å². The molecule has 0 atom stereocenters. The molecule has 3 aromatic rings. The molecule has 0 saturated carbocycles. The predicted octanol–water partition coefficient (Wildman–Crippen LogP) is 5.32. The zero-order valence-electron chi connectivity index (χ0n) is 16.5. The van der Waals surface area contributed by atoms with Gasteiger partial charge in [0.15, 0.2) is 0 Å². The second kappa shape index (κ2) is 7.98. The van der Waals surface area contributed by atoms with Crippen molar-refractivity contribution in [2.75, 3.05) is 12.4 Å². The topological polar surface area (TPSA) is 62.1 Å². The van der Waals surface area contributed by atoms with Crippen molar-refractivity contribution in [3.05, 3.63) is 76.4 Å². The number of amides is 1. The lowest BCUT2D eigenvalue weighted by atomic mass is 10.0. The van der Waals surface area contributed by atoms with Gasteiger partial charge in [0.1, 0.15) is 17.4 Å². The van der Waals surface area contributed by atoms with Crippen LogP contribution in [0.4, 0.5) is 5.69 Å². The van der Waals surface area contributed by atoms with Crippen molar-refractivity contribution in [2.24, 2.45) is 0 Å². The molecule has 0 spiro atoms. The van der Waals surface area contributed by atoms with Crippen LogP contribution in [0.5, 0.6) is 5.75 Å². The number of hydrogen-bond acceptors (Lipinski definition) is 3. The highest BCUT2D eigenvalue weighted by Gasteiger charge is 2.15. The van der Waals surface area contributed by atoms with E-state index in [9.17, 15) is 10.1 Å². The molecule has 0 aliphatic rings. The van der Waals surface area contributed by atoms with Crippen molar-refractivity contribution in [1.82, 2.24) is 0 Å². The number of hydrogen-bond donors (Lipinski definition) is 1. The van der Waals surface area contributed by atoms with Crippen LogP contribution in [0.2, 0.25) is 0 Å². The largest absolute Gasteiger partial charge is 0.496 e. The number of nitrogens with one attached hydrogen (secondary N) is 1. The Bertz CT molecular complexity index is 1110. The van der Waals surface area contributed by atoms with Crippen LogP contribution in [0, 0.1) is 32.1 Å². The number of carbonyl (C=O) groups is 1. The van der Waals surface area contributed by atoms with Crippen LogP contribution in [-0.4, -0.2) is 13.0 Å². The number of aryl methyl sites for hydroxylation is 3. The number of carbonyl (C=O) groups excluding carboxylic acids is 1. The molecule has 3 aromatic carbocycles. The van der Waals surface area contributed by atoms with Crippen LogP contribution >= 0.6 is 0 Å². The van der Waals surface area contributed by atoms with E-state index in [2.05, 4.69) is 5.32 Å². The minimum absolute atomic E-state index is 0.0222. The van der Waals surface area contributed by atoms with Gasteiger partial charge in [0.25, 0.3) is 5.91 Å². The lowest BCUT2D eigenvalue weighted by Gasteiger charge is -2.13. The maximum absolute atomic E-state index is 12.8. The summed E-state index contributed by atoms with van der Waals surface area (Å²) in [5.74, 6) is 0.175. The Kier molecular flexibility index (Phi) is 5.47. The zero-order chi connectivity index (χ0) is 20.3. The Morgan fingerprint density at radius 3 is 2.39 bits per heavy atom. The van der Waals surface area contributed by atoms with Gasteiger partial charge in [-0.15, -0.1) is 0 Å². The average Bonchev–Trinajstić information content (AvgIpc) is 2.68. The first-order valence-corrected chi connectivity index (χ1v) is 9.01. The van der Waals surface area contributed by atoms with Gasteiger partial charge in [0, 0.05) is 11.3 Å². The lowest BCUT2D eigenvalue weighted by Crippen LogP contribution is -2.15. The quantitative estimate of drug-likeness (QED) is 0.499. The van der Waals surface area contributed by atoms with Crippen molar-refractivity contribution in [3.8, 4) is 11.8 Å². The van der Waals surface area contributed by atoms with Gasteiger partial charge >= 0.3 is 0 Å². The van der Waals surface area contributed by atoms with Crippen LogP contribution in [0.1, 0.15) is 22.3 Å².